The Balaban J connectivity index is 2.12. The molecule has 3 nitrogen and oxygen atoms in total. The number of rotatable bonds is 3. The zero-order valence-electron chi connectivity index (χ0n) is 11.2. The Bertz CT molecular complexity index is 363. The Morgan fingerprint density at radius 3 is 2.71 bits per heavy atom. The van der Waals surface area contributed by atoms with Crippen LogP contribution in [-0.2, 0) is 6.54 Å². The van der Waals surface area contributed by atoms with Crippen LogP contribution < -0.4 is 10.2 Å². The van der Waals surface area contributed by atoms with Gasteiger partial charge >= 0.3 is 0 Å². The van der Waals surface area contributed by atoms with Gasteiger partial charge in [-0.25, -0.2) is 0 Å². The molecule has 1 aromatic rings. The minimum Gasteiger partial charge on any atom is -0.370 e. The highest BCUT2D eigenvalue weighted by Crippen LogP contribution is 2.32. The topological polar surface area (TPSA) is 28.2 Å². The third-order valence-corrected chi connectivity index (χ3v) is 3.71. The van der Waals surface area contributed by atoms with E-state index in [0.717, 1.165) is 19.6 Å². The van der Waals surface area contributed by atoms with Gasteiger partial charge in [0.05, 0.1) is 11.9 Å². The van der Waals surface area contributed by atoms with Crippen molar-refractivity contribution in [1.82, 2.24) is 10.3 Å². The summed E-state index contributed by atoms with van der Waals surface area (Å²) < 4.78 is 0. The van der Waals surface area contributed by atoms with Crippen molar-refractivity contribution in [3.8, 4) is 0 Å². The summed E-state index contributed by atoms with van der Waals surface area (Å²) in [7, 11) is 1.99. The second-order valence-electron chi connectivity index (χ2n) is 5.69. The van der Waals surface area contributed by atoms with Gasteiger partial charge in [-0.1, -0.05) is 13.8 Å². The predicted molar refractivity (Wildman–Crippen MR) is 72.2 cm³/mol. The van der Waals surface area contributed by atoms with E-state index in [4.69, 9.17) is 0 Å². The van der Waals surface area contributed by atoms with Crippen LogP contribution in [0.3, 0.4) is 0 Å². The molecule has 3 heteroatoms. The fraction of sp³-hybridized carbons (Fsp3) is 0.643. The Morgan fingerprint density at radius 2 is 2.06 bits per heavy atom. The second kappa shape index (κ2) is 5.05. The number of nitrogens with zero attached hydrogens (tertiary/aromatic N) is 2. The summed E-state index contributed by atoms with van der Waals surface area (Å²) in [5.74, 6) is 0. The summed E-state index contributed by atoms with van der Waals surface area (Å²) in [5.41, 5.74) is 3.15. The highest BCUT2D eigenvalue weighted by Gasteiger charge is 2.26. The number of hydrogen-bond donors (Lipinski definition) is 1. The van der Waals surface area contributed by atoms with Gasteiger partial charge in [0.25, 0.3) is 0 Å². The van der Waals surface area contributed by atoms with E-state index in [1.54, 1.807) is 0 Å². The Kier molecular flexibility index (Phi) is 3.67. The number of piperidine rings is 1. The van der Waals surface area contributed by atoms with Crippen molar-refractivity contribution in [3.05, 3.63) is 24.0 Å². The van der Waals surface area contributed by atoms with Crippen molar-refractivity contribution in [3.63, 3.8) is 0 Å². The lowest BCUT2D eigenvalue weighted by molar-refractivity contribution is 0.279. The van der Waals surface area contributed by atoms with Crippen molar-refractivity contribution in [1.29, 1.82) is 0 Å². The highest BCUT2D eigenvalue weighted by atomic mass is 15.1. The molecule has 0 amide bonds. The average molecular weight is 233 g/mol. The van der Waals surface area contributed by atoms with Gasteiger partial charge in [0.2, 0.25) is 0 Å². The summed E-state index contributed by atoms with van der Waals surface area (Å²) in [6.45, 7) is 7.94. The summed E-state index contributed by atoms with van der Waals surface area (Å²) in [6, 6.07) is 2.12. The lowest BCUT2D eigenvalue weighted by Gasteiger charge is -2.38. The SMILES string of the molecule is CNCc1ccncc1N1CCC(C)(C)CC1. The Labute approximate surface area is 104 Å². The largest absolute Gasteiger partial charge is 0.370 e. The molecule has 0 spiro atoms. The number of aromatic nitrogens is 1. The molecule has 1 aliphatic heterocycles. The number of pyridine rings is 1. The normalized spacial score (nSPS) is 19.4. The Hall–Kier alpha value is -1.09. The molecule has 1 aliphatic rings. The van der Waals surface area contributed by atoms with Crippen LogP contribution >= 0.6 is 0 Å². The molecular weight excluding hydrogens is 210 g/mol. The molecule has 1 fully saturated rings. The van der Waals surface area contributed by atoms with Crippen LogP contribution in [-0.4, -0.2) is 25.1 Å². The first-order chi connectivity index (χ1) is 8.12. The molecule has 2 heterocycles. The fourth-order valence-electron chi connectivity index (χ4n) is 2.39. The molecule has 0 radical (unpaired) electrons. The predicted octanol–water partition coefficient (Wildman–Crippen LogP) is 2.43. The van der Waals surface area contributed by atoms with Crippen LogP contribution in [0.5, 0.6) is 0 Å². The fourth-order valence-corrected chi connectivity index (χ4v) is 2.39. The molecular formula is C14H23N3. The minimum absolute atomic E-state index is 0.502. The minimum atomic E-state index is 0.502. The number of nitrogens with one attached hydrogen (secondary N) is 1. The maximum atomic E-state index is 4.27. The van der Waals surface area contributed by atoms with Crippen LogP contribution in [0.15, 0.2) is 18.5 Å². The molecule has 1 aromatic heterocycles. The molecule has 1 saturated heterocycles. The van der Waals surface area contributed by atoms with Crippen LogP contribution in [0.25, 0.3) is 0 Å². The molecule has 0 saturated carbocycles. The molecule has 0 unspecified atom stereocenters. The van der Waals surface area contributed by atoms with Gasteiger partial charge in [-0.05, 0) is 36.9 Å². The van der Waals surface area contributed by atoms with E-state index in [1.165, 1.54) is 24.1 Å². The summed E-state index contributed by atoms with van der Waals surface area (Å²) in [5, 5.41) is 3.23. The first-order valence-electron chi connectivity index (χ1n) is 6.45. The van der Waals surface area contributed by atoms with E-state index in [2.05, 4.69) is 35.1 Å². The van der Waals surface area contributed by atoms with Crippen LogP contribution in [0, 0.1) is 5.41 Å². The van der Waals surface area contributed by atoms with E-state index < -0.39 is 0 Å². The smallest absolute Gasteiger partial charge is 0.0598 e. The molecule has 94 valence electrons. The van der Waals surface area contributed by atoms with Gasteiger partial charge in [-0.3, -0.25) is 4.98 Å². The van der Waals surface area contributed by atoms with Gasteiger partial charge in [0.1, 0.15) is 0 Å². The van der Waals surface area contributed by atoms with Crippen LogP contribution in [0.4, 0.5) is 5.69 Å². The maximum absolute atomic E-state index is 4.27. The molecule has 0 aromatic carbocycles. The quantitative estimate of drug-likeness (QED) is 0.869. The molecule has 0 atom stereocenters. The number of anilines is 1. The lowest BCUT2D eigenvalue weighted by Crippen LogP contribution is -2.38. The number of hydrogen-bond acceptors (Lipinski definition) is 3. The zero-order valence-corrected chi connectivity index (χ0v) is 11.2. The molecule has 2 rings (SSSR count). The van der Waals surface area contributed by atoms with Gasteiger partial charge in [0, 0.05) is 25.8 Å². The van der Waals surface area contributed by atoms with Gasteiger partial charge < -0.3 is 10.2 Å². The Morgan fingerprint density at radius 1 is 1.35 bits per heavy atom. The van der Waals surface area contributed by atoms with Crippen molar-refractivity contribution in [2.24, 2.45) is 5.41 Å². The third kappa shape index (κ3) is 2.97. The van der Waals surface area contributed by atoms with E-state index in [1.807, 2.05) is 19.4 Å². The van der Waals surface area contributed by atoms with Gasteiger partial charge in [-0.2, -0.15) is 0 Å². The summed E-state index contributed by atoms with van der Waals surface area (Å²) in [4.78, 5) is 6.75. The highest BCUT2D eigenvalue weighted by molar-refractivity contribution is 5.52. The lowest BCUT2D eigenvalue weighted by atomic mass is 9.82. The molecule has 1 N–H and O–H groups in total. The van der Waals surface area contributed by atoms with E-state index in [-0.39, 0.29) is 0 Å². The van der Waals surface area contributed by atoms with E-state index in [0.29, 0.717) is 5.41 Å². The first kappa shape index (κ1) is 12.4. The van der Waals surface area contributed by atoms with Crippen molar-refractivity contribution < 1.29 is 0 Å². The average Bonchev–Trinajstić information content (AvgIpc) is 2.31. The third-order valence-electron chi connectivity index (χ3n) is 3.71. The molecule has 0 aliphatic carbocycles. The second-order valence-corrected chi connectivity index (χ2v) is 5.69. The first-order valence-corrected chi connectivity index (χ1v) is 6.45. The van der Waals surface area contributed by atoms with Crippen molar-refractivity contribution in [2.45, 2.75) is 33.2 Å². The van der Waals surface area contributed by atoms with Crippen LogP contribution in [0.1, 0.15) is 32.3 Å². The molecule has 17 heavy (non-hydrogen) atoms. The zero-order chi connectivity index (χ0) is 12.3. The van der Waals surface area contributed by atoms with Gasteiger partial charge in [0.15, 0.2) is 0 Å². The van der Waals surface area contributed by atoms with E-state index in [9.17, 15) is 0 Å². The van der Waals surface area contributed by atoms with Crippen molar-refractivity contribution >= 4 is 5.69 Å². The maximum Gasteiger partial charge on any atom is 0.0598 e. The standard InChI is InChI=1S/C14H23N3/c1-14(2)5-8-17(9-6-14)13-11-16-7-4-12(13)10-15-3/h4,7,11,15H,5-6,8-10H2,1-3H3. The summed E-state index contributed by atoms with van der Waals surface area (Å²) in [6.07, 6.45) is 6.41. The monoisotopic (exact) mass is 233 g/mol. The van der Waals surface area contributed by atoms with Crippen molar-refractivity contribution in [2.75, 3.05) is 25.0 Å². The van der Waals surface area contributed by atoms with Gasteiger partial charge in [-0.15, -0.1) is 0 Å². The molecule has 0 bridgehead atoms. The summed E-state index contributed by atoms with van der Waals surface area (Å²) >= 11 is 0. The van der Waals surface area contributed by atoms with Crippen LogP contribution in [0.2, 0.25) is 0 Å². The van der Waals surface area contributed by atoms with E-state index >= 15 is 0 Å².